The summed E-state index contributed by atoms with van der Waals surface area (Å²) in [6.45, 7) is 8.98. The minimum atomic E-state index is 0. The summed E-state index contributed by atoms with van der Waals surface area (Å²) < 4.78 is 0. The van der Waals surface area contributed by atoms with Crippen LogP contribution in [0.15, 0.2) is 29.3 Å². The second kappa shape index (κ2) is 8.47. The van der Waals surface area contributed by atoms with Gasteiger partial charge in [-0.1, -0.05) is 26.0 Å². The number of thiazole rings is 1. The highest BCUT2D eigenvalue weighted by molar-refractivity contribution is 14.0. The second-order valence-corrected chi connectivity index (χ2v) is 6.69. The molecule has 2 aromatic rings. The molecule has 0 spiro atoms. The van der Waals surface area contributed by atoms with Crippen LogP contribution in [0, 0.1) is 13.8 Å². The third-order valence-corrected chi connectivity index (χ3v) is 4.07. The van der Waals surface area contributed by atoms with E-state index in [-0.39, 0.29) is 24.0 Å². The van der Waals surface area contributed by atoms with Crippen molar-refractivity contribution in [2.45, 2.75) is 40.2 Å². The molecule has 22 heavy (non-hydrogen) atoms. The Kier molecular flexibility index (Phi) is 7.28. The number of hydrogen-bond acceptors (Lipinski definition) is 3. The zero-order chi connectivity index (χ0) is 15.4. The molecule has 3 N–H and O–H groups in total. The maximum absolute atomic E-state index is 5.92. The van der Waals surface area contributed by atoms with Crippen LogP contribution in [0.25, 0.3) is 0 Å². The fraction of sp³-hybridized carbons (Fsp3) is 0.375. The summed E-state index contributed by atoms with van der Waals surface area (Å²) in [6, 6.07) is 8.04. The monoisotopic (exact) mass is 430 g/mol. The van der Waals surface area contributed by atoms with Gasteiger partial charge < -0.3 is 11.1 Å². The van der Waals surface area contributed by atoms with E-state index in [4.69, 9.17) is 5.73 Å². The van der Waals surface area contributed by atoms with Crippen LogP contribution in [-0.4, -0.2) is 10.9 Å². The molecule has 1 aromatic carbocycles. The van der Waals surface area contributed by atoms with Crippen molar-refractivity contribution >= 4 is 47.0 Å². The Morgan fingerprint density at radius 1 is 1.36 bits per heavy atom. The van der Waals surface area contributed by atoms with E-state index in [1.54, 1.807) is 11.3 Å². The molecule has 0 atom stereocenters. The first-order chi connectivity index (χ1) is 9.95. The molecule has 1 aromatic heterocycles. The van der Waals surface area contributed by atoms with E-state index in [9.17, 15) is 0 Å². The number of aryl methyl sites for hydroxylation is 2. The Bertz CT molecular complexity index is 649. The lowest BCUT2D eigenvalue weighted by atomic mass is 10.1. The Morgan fingerprint density at radius 3 is 2.68 bits per heavy atom. The number of guanidine groups is 1. The molecule has 4 nitrogen and oxygen atoms in total. The molecule has 0 bridgehead atoms. The number of halogens is 1. The average molecular weight is 430 g/mol. The molecule has 0 fully saturated rings. The largest absolute Gasteiger partial charge is 0.370 e. The summed E-state index contributed by atoms with van der Waals surface area (Å²) in [6.07, 6.45) is 0. The average Bonchev–Trinajstić information content (AvgIpc) is 2.78. The minimum absolute atomic E-state index is 0. The van der Waals surface area contributed by atoms with Gasteiger partial charge in [-0.25, -0.2) is 9.98 Å². The van der Waals surface area contributed by atoms with Crippen molar-refractivity contribution in [3.05, 3.63) is 45.4 Å². The van der Waals surface area contributed by atoms with Crippen LogP contribution < -0.4 is 11.1 Å². The molecule has 0 aliphatic rings. The van der Waals surface area contributed by atoms with Gasteiger partial charge >= 0.3 is 0 Å². The lowest BCUT2D eigenvalue weighted by Gasteiger charge is -2.05. The Labute approximate surface area is 153 Å². The Morgan fingerprint density at radius 2 is 2.09 bits per heavy atom. The number of aromatic nitrogens is 1. The molecule has 0 unspecified atom stereocenters. The van der Waals surface area contributed by atoms with E-state index >= 15 is 0 Å². The number of benzene rings is 1. The minimum Gasteiger partial charge on any atom is -0.370 e. The summed E-state index contributed by atoms with van der Waals surface area (Å²) in [7, 11) is 0. The molecule has 1 heterocycles. The highest BCUT2D eigenvalue weighted by atomic mass is 127. The Hall–Kier alpha value is -1.15. The van der Waals surface area contributed by atoms with Crippen LogP contribution in [0.3, 0.4) is 0 Å². The van der Waals surface area contributed by atoms with Crippen LogP contribution in [0.4, 0.5) is 5.69 Å². The second-order valence-electron chi connectivity index (χ2n) is 5.40. The van der Waals surface area contributed by atoms with Crippen molar-refractivity contribution in [2.75, 3.05) is 5.32 Å². The molecule has 2 rings (SSSR count). The van der Waals surface area contributed by atoms with Crippen molar-refractivity contribution in [2.24, 2.45) is 10.7 Å². The van der Waals surface area contributed by atoms with Crippen LogP contribution in [0.2, 0.25) is 0 Å². The summed E-state index contributed by atoms with van der Waals surface area (Å²) in [5, 5.41) is 4.11. The van der Waals surface area contributed by atoms with Gasteiger partial charge in [-0.15, -0.1) is 35.3 Å². The molecular formula is C16H23IN4S. The molecule has 0 radical (unpaired) electrons. The van der Waals surface area contributed by atoms with Crippen LogP contribution in [0.1, 0.15) is 40.9 Å². The van der Waals surface area contributed by atoms with E-state index in [1.807, 2.05) is 31.2 Å². The number of nitrogens with zero attached hydrogens (tertiary/aromatic N) is 2. The topological polar surface area (TPSA) is 63.3 Å². The summed E-state index contributed by atoms with van der Waals surface area (Å²) in [4.78, 5) is 10.3. The van der Waals surface area contributed by atoms with Gasteiger partial charge in [-0.3, -0.25) is 0 Å². The van der Waals surface area contributed by atoms with E-state index in [1.165, 1.54) is 10.4 Å². The lowest BCUT2D eigenvalue weighted by molar-refractivity contribution is 0.814. The smallest absolute Gasteiger partial charge is 0.193 e. The van der Waals surface area contributed by atoms with Gasteiger partial charge in [-0.2, -0.15) is 0 Å². The maximum atomic E-state index is 5.92. The van der Waals surface area contributed by atoms with Gasteiger partial charge in [0.25, 0.3) is 0 Å². The van der Waals surface area contributed by atoms with Crippen molar-refractivity contribution in [3.63, 3.8) is 0 Å². The standard InChI is InChI=1S/C16H22N4S.HI/c1-10(2)15-12(4)21-14(20-15)9-18-16(17)19-13-7-5-6-11(3)8-13;/h5-8,10H,9H2,1-4H3,(H3,17,18,19);1H. The maximum Gasteiger partial charge on any atom is 0.193 e. The van der Waals surface area contributed by atoms with Crippen molar-refractivity contribution in [1.29, 1.82) is 0 Å². The van der Waals surface area contributed by atoms with Crippen molar-refractivity contribution in [1.82, 2.24) is 4.98 Å². The summed E-state index contributed by atoms with van der Waals surface area (Å²) >= 11 is 1.69. The SMILES string of the molecule is Cc1cccc(NC(N)=NCc2nc(C(C)C)c(C)s2)c1.I. The van der Waals surface area contributed by atoms with Gasteiger partial charge in [-0.05, 0) is 37.5 Å². The first kappa shape index (κ1) is 18.9. The summed E-state index contributed by atoms with van der Waals surface area (Å²) in [5.74, 6) is 0.862. The van der Waals surface area contributed by atoms with E-state index in [0.717, 1.165) is 16.4 Å². The van der Waals surface area contributed by atoms with Gasteiger partial charge in [0.1, 0.15) is 5.01 Å². The highest BCUT2D eigenvalue weighted by Gasteiger charge is 2.10. The van der Waals surface area contributed by atoms with Crippen molar-refractivity contribution in [3.8, 4) is 0 Å². The number of nitrogens with one attached hydrogen (secondary N) is 1. The third-order valence-electron chi connectivity index (χ3n) is 3.10. The van der Waals surface area contributed by atoms with Crippen LogP contribution in [0.5, 0.6) is 0 Å². The first-order valence-corrected chi connectivity index (χ1v) is 7.87. The number of hydrogen-bond donors (Lipinski definition) is 2. The molecular weight excluding hydrogens is 407 g/mol. The fourth-order valence-corrected chi connectivity index (χ4v) is 3.14. The van der Waals surface area contributed by atoms with E-state index in [2.05, 4.69) is 36.1 Å². The number of anilines is 1. The lowest BCUT2D eigenvalue weighted by Crippen LogP contribution is -2.22. The zero-order valence-electron chi connectivity index (χ0n) is 13.4. The van der Waals surface area contributed by atoms with Gasteiger partial charge in [0.2, 0.25) is 0 Å². The predicted molar refractivity (Wildman–Crippen MR) is 106 cm³/mol. The summed E-state index contributed by atoms with van der Waals surface area (Å²) in [5.41, 5.74) is 9.22. The number of nitrogens with two attached hydrogens (primary N) is 1. The number of rotatable bonds is 4. The molecule has 0 aliphatic heterocycles. The molecule has 0 saturated carbocycles. The molecule has 6 heteroatoms. The highest BCUT2D eigenvalue weighted by Crippen LogP contribution is 2.24. The van der Waals surface area contributed by atoms with Gasteiger partial charge in [0.05, 0.1) is 12.2 Å². The predicted octanol–water partition coefficient (Wildman–Crippen LogP) is 4.43. The molecule has 0 saturated heterocycles. The van der Waals surface area contributed by atoms with Crippen molar-refractivity contribution < 1.29 is 0 Å². The Balaban J connectivity index is 0.00000242. The van der Waals surface area contributed by atoms with Gasteiger partial charge in [0, 0.05) is 10.6 Å². The number of aliphatic imine (C=N–C) groups is 1. The quantitative estimate of drug-likeness (QED) is 0.429. The zero-order valence-corrected chi connectivity index (χ0v) is 16.5. The van der Waals surface area contributed by atoms with Crippen LogP contribution >= 0.6 is 35.3 Å². The fourth-order valence-electron chi connectivity index (χ4n) is 2.13. The molecule has 120 valence electrons. The van der Waals surface area contributed by atoms with E-state index in [0.29, 0.717) is 18.4 Å². The normalized spacial score (nSPS) is 11.4. The van der Waals surface area contributed by atoms with E-state index < -0.39 is 0 Å². The van der Waals surface area contributed by atoms with Crippen LogP contribution in [-0.2, 0) is 6.54 Å². The molecule has 0 aliphatic carbocycles. The molecule has 0 amide bonds. The third kappa shape index (κ3) is 5.24. The van der Waals surface area contributed by atoms with Gasteiger partial charge in [0.15, 0.2) is 5.96 Å². The first-order valence-electron chi connectivity index (χ1n) is 7.05.